The van der Waals surface area contributed by atoms with Gasteiger partial charge in [0.15, 0.2) is 0 Å². The molecule has 5 rings (SSSR count). The molecule has 0 aliphatic carbocycles. The highest BCUT2D eigenvalue weighted by Crippen LogP contribution is 2.33. The molecule has 0 amide bonds. The quantitative estimate of drug-likeness (QED) is 0.403. The number of hydrogen-bond donors (Lipinski definition) is 0. The number of carbonyl (C=O) groups excluding carboxylic acids is 1. The third-order valence-corrected chi connectivity index (χ3v) is 5.35. The van der Waals surface area contributed by atoms with Crippen molar-refractivity contribution < 1.29 is 9.63 Å². The van der Waals surface area contributed by atoms with E-state index < -0.39 is 0 Å². The summed E-state index contributed by atoms with van der Waals surface area (Å²) in [4.78, 5) is 18.5. The van der Waals surface area contributed by atoms with Gasteiger partial charge in [0.05, 0.1) is 16.8 Å². The highest BCUT2D eigenvalue weighted by molar-refractivity contribution is 7.08. The molecule has 0 spiro atoms. The third-order valence-electron chi connectivity index (χ3n) is 4.67. The van der Waals surface area contributed by atoms with E-state index in [0.29, 0.717) is 5.56 Å². The molecule has 0 bridgehead atoms. The Morgan fingerprint density at radius 3 is 2.48 bits per heavy atom. The number of thiophene rings is 1. The topological polar surface area (TPSA) is 31.2 Å². The fraction of sp³-hybridized carbons (Fsp3) is 0. The number of carbonyl (C=O) groups is 1. The molecule has 2 heterocycles. The molecule has 0 aliphatic rings. The summed E-state index contributed by atoms with van der Waals surface area (Å²) >= 11 is 1.62. The standard InChI is InChI=1S/C23H15NO2S/c25-23(17-7-2-1-3-8-17)26-24-21-11-10-16-6-4-5-9-19(16)20(21)14-22(24)18-12-13-27-15-18/h1-15H. The molecule has 0 fully saturated rings. The summed E-state index contributed by atoms with van der Waals surface area (Å²) in [5.74, 6) is -0.377. The van der Waals surface area contributed by atoms with Crippen LogP contribution in [0.3, 0.4) is 0 Å². The molecule has 2 aromatic heterocycles. The Kier molecular flexibility index (Phi) is 3.77. The zero-order chi connectivity index (χ0) is 18.2. The van der Waals surface area contributed by atoms with Gasteiger partial charge in [0, 0.05) is 16.3 Å². The molecule has 0 atom stereocenters. The summed E-state index contributed by atoms with van der Waals surface area (Å²) in [5, 5.41) is 7.45. The molecule has 0 radical (unpaired) electrons. The van der Waals surface area contributed by atoms with Crippen molar-refractivity contribution in [3.05, 3.63) is 95.2 Å². The maximum atomic E-state index is 12.7. The first-order chi connectivity index (χ1) is 13.3. The first-order valence-corrected chi connectivity index (χ1v) is 9.59. The second kappa shape index (κ2) is 6.41. The minimum absolute atomic E-state index is 0.377. The molecule has 3 nitrogen and oxygen atoms in total. The number of rotatable bonds is 3. The van der Waals surface area contributed by atoms with Crippen molar-refractivity contribution in [3.8, 4) is 11.3 Å². The van der Waals surface area contributed by atoms with E-state index in [-0.39, 0.29) is 5.97 Å². The molecule has 5 aromatic rings. The SMILES string of the molecule is O=C(On1c(-c2ccsc2)cc2c3ccccc3ccc21)c1ccccc1. The van der Waals surface area contributed by atoms with Gasteiger partial charge in [0.2, 0.25) is 0 Å². The van der Waals surface area contributed by atoms with Crippen LogP contribution in [0.25, 0.3) is 32.9 Å². The lowest BCUT2D eigenvalue weighted by atomic mass is 10.1. The summed E-state index contributed by atoms with van der Waals surface area (Å²) < 4.78 is 1.65. The van der Waals surface area contributed by atoms with Crippen LogP contribution in [0.15, 0.2) is 89.6 Å². The second-order valence-electron chi connectivity index (χ2n) is 6.30. The normalized spacial score (nSPS) is 11.1. The van der Waals surface area contributed by atoms with Crippen LogP contribution in [0.1, 0.15) is 10.4 Å². The minimum atomic E-state index is -0.377. The Hall–Kier alpha value is -3.37. The third kappa shape index (κ3) is 2.71. The molecular formula is C23H15NO2S. The predicted octanol–water partition coefficient (Wildman–Crippen LogP) is 5.79. The zero-order valence-corrected chi connectivity index (χ0v) is 15.1. The molecule has 0 unspecified atom stereocenters. The summed E-state index contributed by atoms with van der Waals surface area (Å²) in [7, 11) is 0. The average Bonchev–Trinajstić information content (AvgIpc) is 3.37. The summed E-state index contributed by atoms with van der Waals surface area (Å²) in [6.07, 6.45) is 0. The monoisotopic (exact) mass is 369 g/mol. The molecule has 0 N–H and O–H groups in total. The first kappa shape index (κ1) is 15.9. The van der Waals surface area contributed by atoms with Gasteiger partial charge >= 0.3 is 5.97 Å². The summed E-state index contributed by atoms with van der Waals surface area (Å²) in [5.41, 5.74) is 3.30. The van der Waals surface area contributed by atoms with Crippen LogP contribution in [0.2, 0.25) is 0 Å². The van der Waals surface area contributed by atoms with Crippen molar-refractivity contribution in [2.24, 2.45) is 0 Å². The maximum absolute atomic E-state index is 12.7. The van der Waals surface area contributed by atoms with Crippen LogP contribution in [0.4, 0.5) is 0 Å². The second-order valence-corrected chi connectivity index (χ2v) is 7.08. The summed E-state index contributed by atoms with van der Waals surface area (Å²) in [6.45, 7) is 0. The van der Waals surface area contributed by atoms with Crippen LogP contribution < -0.4 is 4.84 Å². The Labute approximate surface area is 160 Å². The van der Waals surface area contributed by atoms with Crippen molar-refractivity contribution in [1.29, 1.82) is 0 Å². The molecule has 3 aromatic carbocycles. The van der Waals surface area contributed by atoms with E-state index in [9.17, 15) is 4.79 Å². The summed E-state index contributed by atoms with van der Waals surface area (Å²) in [6, 6.07) is 25.5. The smallest absolute Gasteiger partial charge is 0.330 e. The van der Waals surface area contributed by atoms with Crippen molar-refractivity contribution >= 4 is 39.0 Å². The number of aromatic nitrogens is 1. The van der Waals surface area contributed by atoms with Crippen molar-refractivity contribution in [2.75, 3.05) is 0 Å². The van der Waals surface area contributed by atoms with E-state index in [1.807, 2.05) is 47.8 Å². The molecule has 27 heavy (non-hydrogen) atoms. The fourth-order valence-corrected chi connectivity index (χ4v) is 4.01. The Morgan fingerprint density at radius 2 is 1.67 bits per heavy atom. The highest BCUT2D eigenvalue weighted by Gasteiger charge is 2.17. The van der Waals surface area contributed by atoms with Crippen LogP contribution in [0, 0.1) is 0 Å². The lowest BCUT2D eigenvalue weighted by molar-refractivity contribution is 0.0490. The average molecular weight is 369 g/mol. The Morgan fingerprint density at radius 1 is 0.852 bits per heavy atom. The molecule has 0 aliphatic heterocycles. The molecule has 130 valence electrons. The van der Waals surface area contributed by atoms with Gasteiger partial charge in [-0.1, -0.05) is 48.5 Å². The van der Waals surface area contributed by atoms with E-state index in [2.05, 4.69) is 29.6 Å². The first-order valence-electron chi connectivity index (χ1n) is 8.65. The molecular weight excluding hydrogens is 354 g/mol. The van der Waals surface area contributed by atoms with E-state index in [4.69, 9.17) is 4.84 Å². The van der Waals surface area contributed by atoms with Crippen molar-refractivity contribution in [1.82, 2.24) is 4.73 Å². The number of hydrogen-bond acceptors (Lipinski definition) is 3. The van der Waals surface area contributed by atoms with Gasteiger partial charge in [-0.25, -0.2) is 4.79 Å². The Balaban J connectivity index is 1.72. The lowest BCUT2D eigenvalue weighted by Crippen LogP contribution is -2.20. The van der Waals surface area contributed by atoms with E-state index >= 15 is 0 Å². The van der Waals surface area contributed by atoms with Gasteiger partial charge in [-0.3, -0.25) is 0 Å². The van der Waals surface area contributed by atoms with E-state index in [1.165, 1.54) is 0 Å². The predicted molar refractivity (Wildman–Crippen MR) is 110 cm³/mol. The lowest BCUT2D eigenvalue weighted by Gasteiger charge is -2.10. The molecule has 0 saturated carbocycles. The largest absolute Gasteiger partial charge is 0.363 e. The highest BCUT2D eigenvalue weighted by atomic mass is 32.1. The van der Waals surface area contributed by atoms with Gasteiger partial charge in [-0.15, -0.1) is 0 Å². The van der Waals surface area contributed by atoms with Gasteiger partial charge in [-0.2, -0.15) is 16.1 Å². The maximum Gasteiger partial charge on any atom is 0.363 e. The Bertz CT molecular complexity index is 1250. The van der Waals surface area contributed by atoms with Gasteiger partial charge in [0.1, 0.15) is 0 Å². The van der Waals surface area contributed by atoms with Crippen LogP contribution >= 0.6 is 11.3 Å². The number of nitrogens with zero attached hydrogens (tertiary/aromatic N) is 1. The molecule has 4 heteroatoms. The van der Waals surface area contributed by atoms with Crippen molar-refractivity contribution in [2.45, 2.75) is 0 Å². The van der Waals surface area contributed by atoms with E-state index in [0.717, 1.165) is 32.9 Å². The van der Waals surface area contributed by atoms with E-state index in [1.54, 1.807) is 28.2 Å². The number of benzene rings is 3. The molecule has 0 saturated heterocycles. The zero-order valence-electron chi connectivity index (χ0n) is 14.3. The minimum Gasteiger partial charge on any atom is -0.330 e. The van der Waals surface area contributed by atoms with Crippen LogP contribution in [0.5, 0.6) is 0 Å². The van der Waals surface area contributed by atoms with Gasteiger partial charge in [-0.05, 0) is 46.5 Å². The van der Waals surface area contributed by atoms with Crippen LogP contribution in [-0.2, 0) is 0 Å². The number of fused-ring (bicyclic) bond motifs is 3. The fourth-order valence-electron chi connectivity index (χ4n) is 3.36. The van der Waals surface area contributed by atoms with Gasteiger partial charge < -0.3 is 4.84 Å². The van der Waals surface area contributed by atoms with Gasteiger partial charge in [0.25, 0.3) is 0 Å². The van der Waals surface area contributed by atoms with Crippen LogP contribution in [-0.4, -0.2) is 10.7 Å². The van der Waals surface area contributed by atoms with Crippen molar-refractivity contribution in [3.63, 3.8) is 0 Å².